The summed E-state index contributed by atoms with van der Waals surface area (Å²) in [4.78, 5) is 21.4. The summed E-state index contributed by atoms with van der Waals surface area (Å²) in [7, 11) is 0. The number of aryl methyl sites for hydroxylation is 1. The van der Waals surface area contributed by atoms with Crippen molar-refractivity contribution in [1.82, 2.24) is 14.5 Å². The van der Waals surface area contributed by atoms with Crippen LogP contribution in [-0.4, -0.2) is 31.4 Å². The molecule has 4 rings (SSSR count). The number of aromatic nitrogens is 3. The number of nitrogens with zero attached hydrogens (tertiary/aromatic N) is 3. The van der Waals surface area contributed by atoms with E-state index in [-0.39, 0.29) is 28.4 Å². The van der Waals surface area contributed by atoms with E-state index in [1.165, 1.54) is 30.3 Å². The van der Waals surface area contributed by atoms with E-state index >= 15 is 0 Å². The number of hydrogen-bond donors (Lipinski definition) is 3. The minimum Gasteiger partial charge on any atom is -0.514 e. The van der Waals surface area contributed by atoms with Crippen molar-refractivity contribution in [2.45, 2.75) is 6.92 Å². The Morgan fingerprint density at radius 3 is 2.45 bits per heavy atom. The molecular formula is C23H17F3N4O3. The second-order valence-corrected chi connectivity index (χ2v) is 7.11. The van der Waals surface area contributed by atoms with Crippen LogP contribution >= 0.6 is 0 Å². The maximum atomic E-state index is 14.6. The van der Waals surface area contributed by atoms with E-state index in [0.29, 0.717) is 17.4 Å². The van der Waals surface area contributed by atoms with E-state index in [1.54, 1.807) is 6.92 Å². The fourth-order valence-electron chi connectivity index (χ4n) is 3.44. The standard InChI is InChI=1S/C23H17F3N4O3/c1-12-9-13(24)5-6-15(12)20-16-7-8-19(33)30(21-17(25)3-2-4-18(21)26)22(16)29-23(28-20)27-14(10-31)11-32/h2-10,31-32H,11H2,1H3,(H,27,28,29)/b14-10+. The highest BCUT2D eigenvalue weighted by atomic mass is 19.1. The lowest BCUT2D eigenvalue weighted by Gasteiger charge is -2.16. The van der Waals surface area contributed by atoms with Crippen LogP contribution in [0.3, 0.4) is 0 Å². The van der Waals surface area contributed by atoms with Crippen LogP contribution < -0.4 is 10.9 Å². The average molecular weight is 454 g/mol. The molecule has 0 unspecified atom stereocenters. The van der Waals surface area contributed by atoms with Crippen LogP contribution in [0.25, 0.3) is 28.0 Å². The predicted octanol–water partition coefficient (Wildman–Crippen LogP) is 3.98. The number of benzene rings is 2. The Hall–Kier alpha value is -4.18. The van der Waals surface area contributed by atoms with Crippen LogP contribution in [-0.2, 0) is 0 Å². The van der Waals surface area contributed by atoms with Gasteiger partial charge in [-0.05, 0) is 48.9 Å². The van der Waals surface area contributed by atoms with Crippen LogP contribution in [0.15, 0.2) is 65.3 Å². The quantitative estimate of drug-likeness (QED) is 0.395. The average Bonchev–Trinajstić information content (AvgIpc) is 2.78. The number of aliphatic hydroxyl groups is 2. The SMILES string of the molecule is Cc1cc(F)ccc1-c1nc(N/C(=C/O)CO)nc2c1ccc(=O)n2-c1c(F)cccc1F. The van der Waals surface area contributed by atoms with Gasteiger partial charge in [0, 0.05) is 17.0 Å². The molecular weight excluding hydrogens is 437 g/mol. The van der Waals surface area contributed by atoms with Gasteiger partial charge in [0.25, 0.3) is 5.56 Å². The smallest absolute Gasteiger partial charge is 0.256 e. The van der Waals surface area contributed by atoms with Gasteiger partial charge < -0.3 is 15.5 Å². The van der Waals surface area contributed by atoms with Gasteiger partial charge >= 0.3 is 0 Å². The molecule has 2 aromatic heterocycles. The van der Waals surface area contributed by atoms with E-state index in [1.807, 2.05) is 0 Å². The molecule has 7 nitrogen and oxygen atoms in total. The van der Waals surface area contributed by atoms with Crippen LogP contribution in [0.2, 0.25) is 0 Å². The lowest BCUT2D eigenvalue weighted by atomic mass is 10.0. The molecule has 0 bridgehead atoms. The summed E-state index contributed by atoms with van der Waals surface area (Å²) in [6.07, 6.45) is 0.602. The fraction of sp³-hybridized carbons (Fsp3) is 0.0870. The molecule has 33 heavy (non-hydrogen) atoms. The summed E-state index contributed by atoms with van der Waals surface area (Å²) < 4.78 is 43.7. The van der Waals surface area contributed by atoms with Gasteiger partial charge in [-0.1, -0.05) is 6.07 Å². The number of fused-ring (bicyclic) bond motifs is 1. The minimum absolute atomic E-state index is 0.0713. The van der Waals surface area contributed by atoms with Crippen molar-refractivity contribution in [3.8, 4) is 16.9 Å². The number of nitrogens with one attached hydrogen (secondary N) is 1. The van der Waals surface area contributed by atoms with Crippen LogP contribution in [0.5, 0.6) is 0 Å². The number of para-hydroxylation sites is 1. The molecule has 2 aromatic carbocycles. The summed E-state index contributed by atoms with van der Waals surface area (Å²) in [5, 5.41) is 21.5. The van der Waals surface area contributed by atoms with Gasteiger partial charge in [0.1, 0.15) is 29.4 Å². The number of hydrogen-bond acceptors (Lipinski definition) is 6. The van der Waals surface area contributed by atoms with Crippen LogP contribution in [0.4, 0.5) is 19.1 Å². The molecule has 0 amide bonds. The molecule has 0 fully saturated rings. The highest BCUT2D eigenvalue weighted by molar-refractivity contribution is 5.93. The summed E-state index contributed by atoms with van der Waals surface area (Å²) in [5.41, 5.74) is -0.366. The largest absolute Gasteiger partial charge is 0.514 e. The van der Waals surface area contributed by atoms with Crippen molar-refractivity contribution < 1.29 is 23.4 Å². The minimum atomic E-state index is -0.983. The Morgan fingerprint density at radius 1 is 1.09 bits per heavy atom. The van der Waals surface area contributed by atoms with Crippen molar-refractivity contribution in [2.75, 3.05) is 11.9 Å². The third-order valence-electron chi connectivity index (χ3n) is 4.95. The van der Waals surface area contributed by atoms with Crippen LogP contribution in [0, 0.1) is 24.4 Å². The maximum Gasteiger partial charge on any atom is 0.256 e. The lowest BCUT2D eigenvalue weighted by molar-refractivity contribution is 0.325. The molecule has 0 saturated carbocycles. The molecule has 0 saturated heterocycles. The summed E-state index contributed by atoms with van der Waals surface area (Å²) in [5.74, 6) is -2.61. The van der Waals surface area contributed by atoms with Crippen molar-refractivity contribution in [3.05, 3.63) is 93.9 Å². The molecule has 3 N–H and O–H groups in total. The molecule has 0 radical (unpaired) electrons. The first-order chi connectivity index (χ1) is 15.8. The van der Waals surface area contributed by atoms with E-state index in [0.717, 1.165) is 22.8 Å². The van der Waals surface area contributed by atoms with Gasteiger partial charge in [0.15, 0.2) is 5.65 Å². The Bertz CT molecular complexity index is 1450. The number of rotatable bonds is 5. The maximum absolute atomic E-state index is 14.6. The second-order valence-electron chi connectivity index (χ2n) is 7.11. The lowest BCUT2D eigenvalue weighted by Crippen LogP contribution is -2.21. The van der Waals surface area contributed by atoms with E-state index in [9.17, 15) is 28.2 Å². The zero-order chi connectivity index (χ0) is 23.7. The van der Waals surface area contributed by atoms with Gasteiger partial charge in [-0.25, -0.2) is 18.2 Å². The highest BCUT2D eigenvalue weighted by Crippen LogP contribution is 2.31. The molecule has 0 atom stereocenters. The first kappa shape index (κ1) is 22.0. The van der Waals surface area contributed by atoms with Crippen molar-refractivity contribution in [3.63, 3.8) is 0 Å². The molecule has 168 valence electrons. The Balaban J connectivity index is 2.13. The fourth-order valence-corrected chi connectivity index (χ4v) is 3.44. The number of pyridine rings is 1. The molecule has 0 aliphatic rings. The normalized spacial score (nSPS) is 11.7. The van der Waals surface area contributed by atoms with E-state index in [2.05, 4.69) is 15.3 Å². The molecule has 0 aliphatic carbocycles. The Labute approximate surface area is 185 Å². The first-order valence-electron chi connectivity index (χ1n) is 9.70. The van der Waals surface area contributed by atoms with Crippen molar-refractivity contribution >= 4 is 17.0 Å². The number of aliphatic hydroxyl groups excluding tert-OH is 2. The zero-order valence-electron chi connectivity index (χ0n) is 17.2. The second kappa shape index (κ2) is 8.75. The number of anilines is 1. The van der Waals surface area contributed by atoms with Crippen LogP contribution in [0.1, 0.15) is 5.56 Å². The van der Waals surface area contributed by atoms with Crippen molar-refractivity contribution in [2.24, 2.45) is 0 Å². The van der Waals surface area contributed by atoms with Gasteiger partial charge in [0.2, 0.25) is 5.95 Å². The molecule has 0 aliphatic heterocycles. The summed E-state index contributed by atoms with van der Waals surface area (Å²) in [6.45, 7) is 1.06. The Kier molecular flexibility index (Phi) is 5.84. The third-order valence-corrected chi connectivity index (χ3v) is 4.95. The number of halogens is 3. The third kappa shape index (κ3) is 4.03. The first-order valence-corrected chi connectivity index (χ1v) is 9.70. The molecule has 10 heteroatoms. The van der Waals surface area contributed by atoms with Gasteiger partial charge in [-0.15, -0.1) is 0 Å². The topological polar surface area (TPSA) is 100 Å². The summed E-state index contributed by atoms with van der Waals surface area (Å²) >= 11 is 0. The molecule has 2 heterocycles. The van der Waals surface area contributed by atoms with Crippen molar-refractivity contribution in [1.29, 1.82) is 0 Å². The summed E-state index contributed by atoms with van der Waals surface area (Å²) in [6, 6.07) is 9.70. The predicted molar refractivity (Wildman–Crippen MR) is 117 cm³/mol. The highest BCUT2D eigenvalue weighted by Gasteiger charge is 2.20. The van der Waals surface area contributed by atoms with Gasteiger partial charge in [-0.3, -0.25) is 9.36 Å². The Morgan fingerprint density at radius 2 is 1.82 bits per heavy atom. The van der Waals surface area contributed by atoms with Gasteiger partial charge in [-0.2, -0.15) is 4.98 Å². The van der Waals surface area contributed by atoms with E-state index < -0.39 is 35.3 Å². The zero-order valence-corrected chi connectivity index (χ0v) is 17.2. The molecule has 0 spiro atoms. The van der Waals surface area contributed by atoms with E-state index in [4.69, 9.17) is 0 Å². The molecule has 4 aromatic rings. The monoisotopic (exact) mass is 454 g/mol. The van der Waals surface area contributed by atoms with Gasteiger partial charge in [0.05, 0.1) is 18.0 Å².